The first-order chi connectivity index (χ1) is 15.6. The summed E-state index contributed by atoms with van der Waals surface area (Å²) in [6, 6.07) is 15.2. The van der Waals surface area contributed by atoms with Crippen LogP contribution < -0.4 is 4.74 Å². The van der Waals surface area contributed by atoms with Crippen LogP contribution in [-0.4, -0.2) is 35.4 Å². The smallest absolute Gasteiger partial charge is 0.333 e. The minimum absolute atomic E-state index is 0.250. The van der Waals surface area contributed by atoms with Crippen molar-refractivity contribution in [2.45, 2.75) is 32.8 Å². The summed E-state index contributed by atoms with van der Waals surface area (Å²) in [5.74, 6) is 0.975. The highest BCUT2D eigenvalue weighted by Gasteiger charge is 2.21. The summed E-state index contributed by atoms with van der Waals surface area (Å²) in [5.41, 5.74) is 3.20. The number of rotatable bonds is 10. The minimum Gasteiger partial charge on any atom is -0.489 e. The Morgan fingerprint density at radius 1 is 1.16 bits per heavy atom. The lowest BCUT2D eigenvalue weighted by Gasteiger charge is -2.14. The lowest BCUT2D eigenvalue weighted by atomic mass is 10.0. The highest BCUT2D eigenvalue weighted by Crippen LogP contribution is 2.31. The highest BCUT2D eigenvalue weighted by atomic mass is 16.5. The van der Waals surface area contributed by atoms with E-state index in [9.17, 15) is 9.90 Å². The number of aromatic nitrogens is 1. The first-order valence-corrected chi connectivity index (χ1v) is 10.5. The number of ether oxygens (including phenoxy) is 2. The van der Waals surface area contributed by atoms with Crippen molar-refractivity contribution in [1.29, 1.82) is 0 Å². The van der Waals surface area contributed by atoms with Crippen LogP contribution in [0.15, 0.2) is 63.6 Å². The van der Waals surface area contributed by atoms with Crippen molar-refractivity contribution in [3.8, 4) is 17.2 Å². The molecule has 0 aliphatic carbocycles. The second-order valence-electron chi connectivity index (χ2n) is 7.36. The van der Waals surface area contributed by atoms with Gasteiger partial charge in [-0.15, -0.1) is 0 Å². The summed E-state index contributed by atoms with van der Waals surface area (Å²) in [7, 11) is 0. The molecule has 2 aromatic heterocycles. The number of hydrogen-bond donors (Lipinski definition) is 1. The molecule has 1 unspecified atom stereocenters. The van der Waals surface area contributed by atoms with Crippen LogP contribution >= 0.6 is 0 Å². The highest BCUT2D eigenvalue weighted by molar-refractivity contribution is 5.87. The maximum Gasteiger partial charge on any atom is 0.333 e. The van der Waals surface area contributed by atoms with Crippen molar-refractivity contribution in [3.63, 3.8) is 0 Å². The van der Waals surface area contributed by atoms with Crippen LogP contribution in [0.2, 0.25) is 0 Å². The van der Waals surface area contributed by atoms with E-state index >= 15 is 0 Å². The third kappa shape index (κ3) is 4.68. The number of carboxylic acids is 1. The molecule has 7 nitrogen and oxygen atoms in total. The summed E-state index contributed by atoms with van der Waals surface area (Å²) >= 11 is 0. The van der Waals surface area contributed by atoms with Gasteiger partial charge in [-0.25, -0.2) is 9.78 Å². The fraction of sp³-hybridized carbons (Fsp3) is 0.280. The zero-order chi connectivity index (χ0) is 22.5. The fourth-order valence-electron chi connectivity index (χ4n) is 3.63. The summed E-state index contributed by atoms with van der Waals surface area (Å²) < 4.78 is 22.8. The van der Waals surface area contributed by atoms with Crippen LogP contribution in [0, 0.1) is 6.92 Å². The topological polar surface area (TPSA) is 94.9 Å². The Kier molecular flexibility index (Phi) is 6.56. The van der Waals surface area contributed by atoms with E-state index in [-0.39, 0.29) is 6.42 Å². The van der Waals surface area contributed by atoms with Crippen molar-refractivity contribution in [2.75, 3.05) is 13.2 Å². The number of fused-ring (bicyclic) bond motifs is 1. The van der Waals surface area contributed by atoms with Crippen LogP contribution in [0.3, 0.4) is 0 Å². The molecule has 4 rings (SSSR count). The number of benzene rings is 2. The van der Waals surface area contributed by atoms with Gasteiger partial charge in [-0.3, -0.25) is 0 Å². The summed E-state index contributed by atoms with van der Waals surface area (Å²) in [4.78, 5) is 16.0. The molecule has 0 fully saturated rings. The molecule has 1 atom stereocenters. The third-order valence-corrected chi connectivity index (χ3v) is 5.23. The second kappa shape index (κ2) is 9.70. The number of hydrogen-bond acceptors (Lipinski definition) is 6. The average Bonchev–Trinajstić information content (AvgIpc) is 3.43. The van der Waals surface area contributed by atoms with Crippen molar-refractivity contribution in [1.82, 2.24) is 4.98 Å². The van der Waals surface area contributed by atoms with E-state index in [2.05, 4.69) is 4.98 Å². The quantitative estimate of drug-likeness (QED) is 0.372. The molecule has 0 bridgehead atoms. The van der Waals surface area contributed by atoms with E-state index in [0.717, 1.165) is 28.0 Å². The first kappa shape index (κ1) is 21.6. The standard InChI is InChI=1S/C25H25NO6/c1-3-29-22(25(27)28)15-18-9-10-21(23-19(18)11-13-31-23)30-14-12-20-16(2)32-24(26-20)17-7-5-4-6-8-17/h4-11,13,22H,3,12,14-15H2,1-2H3,(H,27,28). The van der Waals surface area contributed by atoms with Gasteiger partial charge in [0.05, 0.1) is 18.6 Å². The maximum absolute atomic E-state index is 11.4. The predicted molar refractivity (Wildman–Crippen MR) is 119 cm³/mol. The molecule has 0 spiro atoms. The van der Waals surface area contributed by atoms with E-state index in [0.29, 0.717) is 36.9 Å². The van der Waals surface area contributed by atoms with Gasteiger partial charge >= 0.3 is 5.97 Å². The Labute approximate surface area is 185 Å². The predicted octanol–water partition coefficient (Wildman–Crippen LogP) is 5.05. The van der Waals surface area contributed by atoms with Crippen LogP contribution in [0.5, 0.6) is 5.75 Å². The molecule has 2 aromatic carbocycles. The number of aryl methyl sites for hydroxylation is 1. The van der Waals surface area contributed by atoms with Gasteiger partial charge in [-0.2, -0.15) is 0 Å². The lowest BCUT2D eigenvalue weighted by molar-refractivity contribution is -0.149. The zero-order valence-electron chi connectivity index (χ0n) is 18.0. The number of aliphatic carboxylic acids is 1. The van der Waals surface area contributed by atoms with Crippen molar-refractivity contribution in [2.24, 2.45) is 0 Å². The number of nitrogens with zero attached hydrogens (tertiary/aromatic N) is 1. The normalized spacial score (nSPS) is 12.2. The van der Waals surface area contributed by atoms with Crippen LogP contribution in [0.25, 0.3) is 22.4 Å². The SMILES string of the molecule is CCOC(Cc1ccc(OCCc2nc(-c3ccccc3)oc2C)c2occc12)C(=O)O. The summed E-state index contributed by atoms with van der Waals surface area (Å²) in [6.45, 7) is 4.40. The molecule has 7 heteroatoms. The number of oxazole rings is 1. The molecular formula is C25H25NO6. The molecule has 0 aliphatic rings. The largest absolute Gasteiger partial charge is 0.489 e. The van der Waals surface area contributed by atoms with Gasteiger partial charge in [0.25, 0.3) is 0 Å². The van der Waals surface area contributed by atoms with Crippen molar-refractivity contribution >= 4 is 16.9 Å². The summed E-state index contributed by atoms with van der Waals surface area (Å²) in [6.07, 6.45) is 1.50. The summed E-state index contributed by atoms with van der Waals surface area (Å²) in [5, 5.41) is 10.2. The lowest BCUT2D eigenvalue weighted by Crippen LogP contribution is -2.26. The molecule has 166 valence electrons. The molecule has 2 heterocycles. The fourth-order valence-corrected chi connectivity index (χ4v) is 3.63. The number of furan rings is 1. The Bertz CT molecular complexity index is 1190. The van der Waals surface area contributed by atoms with Gasteiger partial charge in [0.1, 0.15) is 5.76 Å². The molecule has 0 amide bonds. The molecule has 32 heavy (non-hydrogen) atoms. The van der Waals surface area contributed by atoms with Crippen molar-refractivity contribution in [3.05, 3.63) is 71.8 Å². The minimum atomic E-state index is -0.985. The maximum atomic E-state index is 11.4. The Morgan fingerprint density at radius 3 is 2.72 bits per heavy atom. The van der Waals surface area contributed by atoms with Gasteiger partial charge in [0.2, 0.25) is 5.89 Å². The molecule has 0 radical (unpaired) electrons. The van der Waals surface area contributed by atoms with Gasteiger partial charge in [0, 0.05) is 30.4 Å². The van der Waals surface area contributed by atoms with Gasteiger partial charge < -0.3 is 23.4 Å². The molecule has 1 N–H and O–H groups in total. The number of carbonyl (C=O) groups is 1. The number of carboxylic acid groups (broad SMARTS) is 1. The van der Waals surface area contributed by atoms with E-state index < -0.39 is 12.1 Å². The second-order valence-corrected chi connectivity index (χ2v) is 7.36. The molecular weight excluding hydrogens is 410 g/mol. The van der Waals surface area contributed by atoms with E-state index in [1.807, 2.05) is 49.4 Å². The monoisotopic (exact) mass is 435 g/mol. The van der Waals surface area contributed by atoms with E-state index in [1.165, 1.54) is 0 Å². The average molecular weight is 435 g/mol. The van der Waals surface area contributed by atoms with E-state index in [1.54, 1.807) is 19.3 Å². The van der Waals surface area contributed by atoms with Crippen LogP contribution in [0.1, 0.15) is 23.9 Å². The Morgan fingerprint density at radius 2 is 1.97 bits per heavy atom. The van der Waals surface area contributed by atoms with Crippen LogP contribution in [-0.2, 0) is 22.4 Å². The first-order valence-electron chi connectivity index (χ1n) is 10.5. The zero-order valence-corrected chi connectivity index (χ0v) is 18.0. The third-order valence-electron chi connectivity index (χ3n) is 5.23. The van der Waals surface area contributed by atoms with E-state index in [4.69, 9.17) is 18.3 Å². The molecule has 0 aliphatic heterocycles. The van der Waals surface area contributed by atoms with Crippen molar-refractivity contribution < 1.29 is 28.2 Å². The Balaban J connectivity index is 1.45. The van der Waals surface area contributed by atoms with Gasteiger partial charge in [-0.05, 0) is 43.7 Å². The van der Waals surface area contributed by atoms with Gasteiger partial charge in [0.15, 0.2) is 17.4 Å². The Hall–Kier alpha value is -3.58. The molecule has 4 aromatic rings. The van der Waals surface area contributed by atoms with Gasteiger partial charge in [-0.1, -0.05) is 24.3 Å². The van der Waals surface area contributed by atoms with Crippen LogP contribution in [0.4, 0.5) is 0 Å². The molecule has 0 saturated heterocycles. The molecule has 0 saturated carbocycles.